The Morgan fingerprint density at radius 2 is 1.15 bits per heavy atom. The molecule has 0 aliphatic rings. The minimum atomic E-state index is -2.57. The van der Waals surface area contributed by atoms with Gasteiger partial charge in [0.2, 0.25) is 0 Å². The molecule has 1 N–H and O–H groups in total. The standard InChI is InChI=1S/C24H27O2P/c1-20(24(26)18-11-19-25)27(21-12-5-2-6-13-21,22-14-7-3-8-15-22)23-16-9-4-10-17-23/h2-10,12-17,20,25,27H,11,18-19H2,1H3. The Balaban J connectivity index is 2.28. The van der Waals surface area contributed by atoms with Crippen LogP contribution >= 0.6 is 7.26 Å². The zero-order chi connectivity index (χ0) is 19.1. The molecule has 1 atom stereocenters. The summed E-state index contributed by atoms with van der Waals surface area (Å²) < 4.78 is 0. The van der Waals surface area contributed by atoms with Gasteiger partial charge in [-0.3, -0.25) is 0 Å². The van der Waals surface area contributed by atoms with Crippen molar-refractivity contribution in [3.05, 3.63) is 91.0 Å². The van der Waals surface area contributed by atoms with E-state index in [0.29, 0.717) is 12.8 Å². The van der Waals surface area contributed by atoms with Crippen molar-refractivity contribution in [2.24, 2.45) is 0 Å². The Morgan fingerprint density at radius 3 is 1.48 bits per heavy atom. The fourth-order valence-electron chi connectivity index (χ4n) is 4.06. The van der Waals surface area contributed by atoms with Crippen molar-refractivity contribution in [2.75, 3.05) is 6.61 Å². The van der Waals surface area contributed by atoms with E-state index in [1.54, 1.807) is 0 Å². The molecular formula is C24H27O2P. The fraction of sp³-hybridized carbons (Fsp3) is 0.208. The van der Waals surface area contributed by atoms with Gasteiger partial charge in [-0.05, 0) is 0 Å². The van der Waals surface area contributed by atoms with Gasteiger partial charge < -0.3 is 0 Å². The summed E-state index contributed by atoms with van der Waals surface area (Å²) in [7, 11) is -2.57. The van der Waals surface area contributed by atoms with Crippen molar-refractivity contribution in [1.29, 1.82) is 0 Å². The van der Waals surface area contributed by atoms with E-state index in [9.17, 15) is 9.90 Å². The van der Waals surface area contributed by atoms with Crippen LogP contribution in [0.1, 0.15) is 19.8 Å². The molecule has 140 valence electrons. The molecule has 0 spiro atoms. The molecule has 0 bridgehead atoms. The molecule has 0 saturated heterocycles. The van der Waals surface area contributed by atoms with Crippen molar-refractivity contribution in [2.45, 2.75) is 25.4 Å². The molecule has 3 aromatic rings. The summed E-state index contributed by atoms with van der Waals surface area (Å²) in [5, 5.41) is 12.9. The quantitative estimate of drug-likeness (QED) is 0.610. The second-order valence-electron chi connectivity index (χ2n) is 6.92. The molecule has 3 aromatic carbocycles. The molecule has 0 radical (unpaired) electrons. The third-order valence-electron chi connectivity index (χ3n) is 5.40. The average Bonchev–Trinajstić information content (AvgIpc) is 2.75. The summed E-state index contributed by atoms with van der Waals surface area (Å²) in [6.07, 6.45) is 0.935. The molecule has 0 fully saturated rings. The van der Waals surface area contributed by atoms with Gasteiger partial charge in [-0.25, -0.2) is 0 Å². The van der Waals surface area contributed by atoms with E-state index in [1.807, 2.05) is 18.2 Å². The van der Waals surface area contributed by atoms with E-state index in [4.69, 9.17) is 0 Å². The Kier molecular flexibility index (Phi) is 6.55. The van der Waals surface area contributed by atoms with E-state index < -0.39 is 7.26 Å². The van der Waals surface area contributed by atoms with Gasteiger partial charge in [0.1, 0.15) is 0 Å². The van der Waals surface area contributed by atoms with Gasteiger partial charge in [0, 0.05) is 0 Å². The first-order valence-electron chi connectivity index (χ1n) is 9.51. The molecule has 3 heteroatoms. The Hall–Kier alpha value is -2.28. The van der Waals surface area contributed by atoms with Crippen LogP contribution in [0.3, 0.4) is 0 Å². The number of Topliss-reactive ketones (excluding diaryl/α,β-unsaturated/α-hetero) is 1. The number of aliphatic hydroxyl groups excluding tert-OH is 1. The molecule has 3 rings (SSSR count). The predicted molar refractivity (Wildman–Crippen MR) is 117 cm³/mol. The minimum absolute atomic E-state index is 0.0506. The van der Waals surface area contributed by atoms with E-state index in [2.05, 4.69) is 79.7 Å². The van der Waals surface area contributed by atoms with Gasteiger partial charge in [0.25, 0.3) is 0 Å². The molecule has 0 heterocycles. The summed E-state index contributed by atoms with van der Waals surface area (Å²) >= 11 is 0. The zero-order valence-corrected chi connectivity index (χ0v) is 16.7. The summed E-state index contributed by atoms with van der Waals surface area (Å²) in [6, 6.07) is 31.5. The van der Waals surface area contributed by atoms with Crippen molar-refractivity contribution in [1.82, 2.24) is 0 Å². The monoisotopic (exact) mass is 378 g/mol. The van der Waals surface area contributed by atoms with Crippen LogP contribution in [0.15, 0.2) is 91.0 Å². The zero-order valence-electron chi connectivity index (χ0n) is 15.7. The van der Waals surface area contributed by atoms with Crippen molar-refractivity contribution in [3.8, 4) is 0 Å². The van der Waals surface area contributed by atoms with Gasteiger partial charge in [0.05, 0.1) is 0 Å². The molecule has 0 aromatic heterocycles. The first kappa shape index (κ1) is 19.5. The number of carbonyl (C=O) groups excluding carboxylic acids is 1. The van der Waals surface area contributed by atoms with Gasteiger partial charge in [-0.15, -0.1) is 0 Å². The first-order chi connectivity index (χ1) is 13.2. The molecule has 1 unspecified atom stereocenters. The van der Waals surface area contributed by atoms with Gasteiger partial charge in [0.15, 0.2) is 0 Å². The van der Waals surface area contributed by atoms with Crippen LogP contribution in [0.25, 0.3) is 0 Å². The van der Waals surface area contributed by atoms with Crippen LogP contribution in [0.5, 0.6) is 0 Å². The summed E-state index contributed by atoms with van der Waals surface area (Å²) in [5.41, 5.74) is -0.128. The van der Waals surface area contributed by atoms with Crippen LogP contribution in [-0.4, -0.2) is 23.2 Å². The Morgan fingerprint density at radius 1 is 0.778 bits per heavy atom. The molecule has 2 nitrogen and oxygen atoms in total. The van der Waals surface area contributed by atoms with Gasteiger partial charge in [-0.2, -0.15) is 0 Å². The van der Waals surface area contributed by atoms with Crippen LogP contribution < -0.4 is 15.9 Å². The van der Waals surface area contributed by atoms with Crippen LogP contribution in [-0.2, 0) is 4.79 Å². The SMILES string of the molecule is CC(C(=O)CCCO)[PH](c1ccccc1)(c1ccccc1)c1ccccc1. The average molecular weight is 378 g/mol. The number of ketones is 1. The number of rotatable bonds is 8. The molecule has 27 heavy (non-hydrogen) atoms. The van der Waals surface area contributed by atoms with Crippen molar-refractivity contribution >= 4 is 29.0 Å². The predicted octanol–water partition coefficient (Wildman–Crippen LogP) is 3.44. The second kappa shape index (κ2) is 9.08. The number of hydrogen-bond acceptors (Lipinski definition) is 2. The maximum absolute atomic E-state index is 13.2. The third kappa shape index (κ3) is 3.88. The summed E-state index contributed by atoms with van der Waals surface area (Å²) in [6.45, 7) is 2.13. The number of hydrogen-bond donors (Lipinski definition) is 1. The Bertz CT molecular complexity index is 751. The summed E-state index contributed by atoms with van der Waals surface area (Å²) in [5.74, 6) is 0.229. The van der Waals surface area contributed by atoms with Crippen molar-refractivity contribution < 1.29 is 9.90 Å². The van der Waals surface area contributed by atoms with Gasteiger partial charge >= 0.3 is 162 Å². The number of carbonyl (C=O) groups is 1. The molecule has 0 saturated carbocycles. The number of benzene rings is 3. The molecule has 0 aliphatic carbocycles. The maximum atomic E-state index is 13.2. The van der Waals surface area contributed by atoms with E-state index in [1.165, 1.54) is 15.9 Å². The van der Waals surface area contributed by atoms with Crippen LogP contribution in [0.2, 0.25) is 0 Å². The third-order valence-corrected chi connectivity index (χ3v) is 10.8. The topological polar surface area (TPSA) is 37.3 Å². The van der Waals surface area contributed by atoms with Crippen LogP contribution in [0, 0.1) is 0 Å². The second-order valence-corrected chi connectivity index (χ2v) is 11.1. The number of aliphatic hydroxyl groups is 1. The van der Waals surface area contributed by atoms with E-state index >= 15 is 0 Å². The normalized spacial score (nSPS) is 13.1. The van der Waals surface area contributed by atoms with Crippen LogP contribution in [0.4, 0.5) is 0 Å². The summed E-state index contributed by atoms with van der Waals surface area (Å²) in [4.78, 5) is 13.2. The molecular weight excluding hydrogens is 351 g/mol. The van der Waals surface area contributed by atoms with E-state index in [-0.39, 0.29) is 18.0 Å². The fourth-order valence-corrected chi connectivity index (χ4v) is 9.35. The Labute approximate surface area is 162 Å². The first-order valence-corrected chi connectivity index (χ1v) is 11.6. The van der Waals surface area contributed by atoms with Crippen molar-refractivity contribution in [3.63, 3.8) is 0 Å². The van der Waals surface area contributed by atoms with E-state index in [0.717, 1.165) is 0 Å². The molecule has 0 amide bonds. The van der Waals surface area contributed by atoms with Gasteiger partial charge in [-0.1, -0.05) is 0 Å². The molecule has 0 aliphatic heterocycles.